The lowest BCUT2D eigenvalue weighted by molar-refractivity contribution is -0.118. The molecule has 0 unspecified atom stereocenters. The average Bonchev–Trinajstić information content (AvgIpc) is 2.22. The zero-order valence-corrected chi connectivity index (χ0v) is 11.8. The van der Waals surface area contributed by atoms with Gasteiger partial charge in [-0.25, -0.2) is 4.39 Å². The van der Waals surface area contributed by atoms with Gasteiger partial charge in [0.25, 0.3) is 0 Å². The molecule has 1 N–H and O–H groups in total. The Balaban J connectivity index is 2.17. The molecule has 0 saturated heterocycles. The maximum atomic E-state index is 14.2. The Bertz CT molecular complexity index is 553. The molecule has 2 aliphatic rings. The summed E-state index contributed by atoms with van der Waals surface area (Å²) < 4.78 is 14.2. The molecular formula is C16H20FNO. The summed E-state index contributed by atoms with van der Waals surface area (Å²) in [4.78, 5) is 11.8. The highest BCUT2D eigenvalue weighted by Gasteiger charge is 2.45. The molecule has 1 aromatic rings. The van der Waals surface area contributed by atoms with Crippen molar-refractivity contribution in [2.24, 2.45) is 0 Å². The summed E-state index contributed by atoms with van der Waals surface area (Å²) in [6.45, 7) is 6.06. The zero-order valence-electron chi connectivity index (χ0n) is 11.8. The molecule has 1 heterocycles. The summed E-state index contributed by atoms with van der Waals surface area (Å²) in [5.41, 5.74) is 2.33. The first-order chi connectivity index (χ1) is 8.82. The van der Waals surface area contributed by atoms with E-state index in [9.17, 15) is 9.18 Å². The van der Waals surface area contributed by atoms with Crippen LogP contribution in [0.3, 0.4) is 0 Å². The molecule has 1 saturated carbocycles. The summed E-state index contributed by atoms with van der Waals surface area (Å²) in [6, 6.07) is 3.50. The number of halogens is 1. The Morgan fingerprint density at radius 1 is 1.26 bits per heavy atom. The highest BCUT2D eigenvalue weighted by molar-refractivity contribution is 5.96. The maximum Gasteiger partial charge on any atom is 0.225 e. The second-order valence-corrected chi connectivity index (χ2v) is 6.99. The lowest BCUT2D eigenvalue weighted by Gasteiger charge is -2.46. The molecule has 1 aromatic carbocycles. The number of carbonyl (C=O) groups is 1. The first-order valence-corrected chi connectivity index (χ1v) is 6.96. The van der Waals surface area contributed by atoms with Gasteiger partial charge in [-0.2, -0.15) is 0 Å². The zero-order chi connectivity index (χ0) is 13.8. The molecular weight excluding hydrogens is 241 g/mol. The molecule has 1 aliphatic carbocycles. The molecule has 1 spiro atoms. The van der Waals surface area contributed by atoms with Crippen LogP contribution >= 0.6 is 0 Å². The number of carbonyl (C=O) groups excluding carboxylic acids is 1. The van der Waals surface area contributed by atoms with E-state index >= 15 is 0 Å². The van der Waals surface area contributed by atoms with Crippen molar-refractivity contribution in [1.29, 1.82) is 0 Å². The van der Waals surface area contributed by atoms with Crippen molar-refractivity contribution < 1.29 is 9.18 Å². The molecule has 0 atom stereocenters. The molecule has 1 amide bonds. The monoisotopic (exact) mass is 261 g/mol. The molecule has 3 heteroatoms. The van der Waals surface area contributed by atoms with Crippen molar-refractivity contribution in [3.8, 4) is 0 Å². The van der Waals surface area contributed by atoms with Crippen molar-refractivity contribution in [3.05, 3.63) is 29.1 Å². The van der Waals surface area contributed by atoms with Crippen molar-refractivity contribution in [3.63, 3.8) is 0 Å². The Hall–Kier alpha value is -1.38. The fraction of sp³-hybridized carbons (Fsp3) is 0.562. The van der Waals surface area contributed by atoms with Crippen molar-refractivity contribution in [2.45, 2.75) is 57.3 Å². The van der Waals surface area contributed by atoms with E-state index in [1.807, 2.05) is 26.8 Å². The Morgan fingerprint density at radius 3 is 2.47 bits per heavy atom. The average molecular weight is 261 g/mol. The molecule has 102 valence electrons. The summed E-state index contributed by atoms with van der Waals surface area (Å²) in [5.74, 6) is -0.196. The van der Waals surface area contributed by atoms with E-state index in [4.69, 9.17) is 0 Å². The highest BCUT2D eigenvalue weighted by atomic mass is 19.1. The largest absolute Gasteiger partial charge is 0.326 e. The number of hydrogen-bond acceptors (Lipinski definition) is 1. The minimum absolute atomic E-state index is 0.0225. The number of hydrogen-bond donors (Lipinski definition) is 1. The standard InChI is InChI=1S/C16H20FNO/c1-15(2,3)10-7-11-13(8-12(10)17)18-14(19)9-16(11)5-4-6-16/h7-8H,4-6,9H2,1-3H3,(H,18,19). The minimum Gasteiger partial charge on any atom is -0.326 e. The van der Waals surface area contributed by atoms with E-state index in [1.54, 1.807) is 0 Å². The third-order valence-corrected chi connectivity index (χ3v) is 4.57. The van der Waals surface area contributed by atoms with Crippen LogP contribution in [0.4, 0.5) is 10.1 Å². The van der Waals surface area contributed by atoms with Gasteiger partial charge >= 0.3 is 0 Å². The van der Waals surface area contributed by atoms with Crippen LogP contribution < -0.4 is 5.32 Å². The van der Waals surface area contributed by atoms with E-state index in [2.05, 4.69) is 5.32 Å². The van der Waals surface area contributed by atoms with E-state index in [0.29, 0.717) is 12.1 Å². The first kappa shape index (κ1) is 12.6. The van der Waals surface area contributed by atoms with E-state index in [1.165, 1.54) is 6.07 Å². The van der Waals surface area contributed by atoms with Crippen LogP contribution in [-0.2, 0) is 15.6 Å². The maximum absolute atomic E-state index is 14.2. The second-order valence-electron chi connectivity index (χ2n) is 6.99. The lowest BCUT2D eigenvalue weighted by atomic mass is 9.60. The van der Waals surface area contributed by atoms with Gasteiger partial charge in [0, 0.05) is 17.5 Å². The van der Waals surface area contributed by atoms with Crippen molar-refractivity contribution in [2.75, 3.05) is 5.32 Å². The Kier molecular flexibility index (Phi) is 2.54. The Morgan fingerprint density at radius 2 is 1.95 bits per heavy atom. The fourth-order valence-corrected chi connectivity index (χ4v) is 3.34. The predicted octanol–water partition coefficient (Wildman–Crippen LogP) is 3.89. The second kappa shape index (κ2) is 3.81. The van der Waals surface area contributed by atoms with Gasteiger partial charge in [-0.1, -0.05) is 27.2 Å². The summed E-state index contributed by atoms with van der Waals surface area (Å²) in [6.07, 6.45) is 3.80. The number of rotatable bonds is 0. The van der Waals surface area contributed by atoms with Gasteiger partial charge in [0.1, 0.15) is 5.82 Å². The lowest BCUT2D eigenvalue weighted by Crippen LogP contribution is -2.42. The minimum atomic E-state index is -0.220. The third-order valence-electron chi connectivity index (χ3n) is 4.57. The van der Waals surface area contributed by atoms with Crippen LogP contribution in [0.1, 0.15) is 57.6 Å². The number of benzene rings is 1. The van der Waals surface area contributed by atoms with Gasteiger partial charge < -0.3 is 5.32 Å². The van der Waals surface area contributed by atoms with Crippen LogP contribution in [0.5, 0.6) is 0 Å². The molecule has 0 aromatic heterocycles. The molecule has 0 bridgehead atoms. The van der Waals surface area contributed by atoms with Gasteiger partial charge in [0.05, 0.1) is 0 Å². The number of fused-ring (bicyclic) bond motifs is 2. The topological polar surface area (TPSA) is 29.1 Å². The van der Waals surface area contributed by atoms with Gasteiger partial charge in [-0.15, -0.1) is 0 Å². The smallest absolute Gasteiger partial charge is 0.225 e. The molecule has 3 rings (SSSR count). The Labute approximate surface area is 113 Å². The summed E-state index contributed by atoms with van der Waals surface area (Å²) >= 11 is 0. The van der Waals surface area contributed by atoms with Gasteiger partial charge in [-0.3, -0.25) is 4.79 Å². The van der Waals surface area contributed by atoms with E-state index in [-0.39, 0.29) is 22.6 Å². The first-order valence-electron chi connectivity index (χ1n) is 6.96. The van der Waals surface area contributed by atoms with Crippen LogP contribution in [0.2, 0.25) is 0 Å². The normalized spacial score (nSPS) is 20.7. The van der Waals surface area contributed by atoms with Gasteiger partial charge in [0.15, 0.2) is 0 Å². The number of anilines is 1. The number of amides is 1. The number of nitrogens with one attached hydrogen (secondary N) is 1. The molecule has 1 aliphatic heterocycles. The van der Waals surface area contributed by atoms with Crippen LogP contribution in [0.25, 0.3) is 0 Å². The van der Waals surface area contributed by atoms with E-state index < -0.39 is 0 Å². The van der Waals surface area contributed by atoms with Crippen LogP contribution in [0.15, 0.2) is 12.1 Å². The van der Waals surface area contributed by atoms with Crippen LogP contribution in [-0.4, -0.2) is 5.91 Å². The quantitative estimate of drug-likeness (QED) is 0.754. The van der Waals surface area contributed by atoms with Crippen molar-refractivity contribution in [1.82, 2.24) is 0 Å². The van der Waals surface area contributed by atoms with Gasteiger partial charge in [-0.05, 0) is 41.5 Å². The highest BCUT2D eigenvalue weighted by Crippen LogP contribution is 2.52. The molecule has 0 radical (unpaired) electrons. The molecule has 19 heavy (non-hydrogen) atoms. The SMILES string of the molecule is CC(C)(C)c1cc2c(cc1F)NC(=O)CC21CCC1. The van der Waals surface area contributed by atoms with Gasteiger partial charge in [0.2, 0.25) is 5.91 Å². The van der Waals surface area contributed by atoms with E-state index in [0.717, 1.165) is 30.4 Å². The predicted molar refractivity (Wildman–Crippen MR) is 73.9 cm³/mol. The fourth-order valence-electron chi connectivity index (χ4n) is 3.34. The molecule has 2 nitrogen and oxygen atoms in total. The molecule has 1 fully saturated rings. The summed E-state index contributed by atoms with van der Waals surface area (Å²) in [7, 11) is 0. The van der Waals surface area contributed by atoms with Crippen molar-refractivity contribution >= 4 is 11.6 Å². The van der Waals surface area contributed by atoms with Crippen LogP contribution in [0, 0.1) is 5.82 Å². The summed E-state index contributed by atoms with van der Waals surface area (Å²) in [5, 5.41) is 2.82. The third kappa shape index (κ3) is 1.87.